The molecule has 0 aromatic heterocycles. The molecule has 0 radical (unpaired) electrons. The number of hydrogen-bond acceptors (Lipinski definition) is 4. The molecule has 0 saturated heterocycles. The standard InChI is InChI=1S/C12H13BrN2O2/c1-16-11-9-6-4-3-5-8(9)10(13)12(17-2)15(11)7-14/h3-6,10-12H,1-2H3/t10-,11-,12+/m1/s1. The van der Waals surface area contributed by atoms with Gasteiger partial charge in [0.2, 0.25) is 0 Å². The van der Waals surface area contributed by atoms with Crippen LogP contribution < -0.4 is 0 Å². The van der Waals surface area contributed by atoms with Gasteiger partial charge in [0, 0.05) is 19.8 Å². The molecule has 1 aromatic rings. The molecular formula is C12H13BrN2O2. The van der Waals surface area contributed by atoms with Crippen molar-refractivity contribution in [2.45, 2.75) is 17.3 Å². The Labute approximate surface area is 109 Å². The molecule has 3 atom stereocenters. The van der Waals surface area contributed by atoms with Crippen LogP contribution in [0, 0.1) is 11.5 Å². The highest BCUT2D eigenvalue weighted by molar-refractivity contribution is 9.09. The molecule has 5 heteroatoms. The van der Waals surface area contributed by atoms with E-state index in [0.29, 0.717) is 0 Å². The number of benzene rings is 1. The third kappa shape index (κ3) is 1.93. The fourth-order valence-electron chi connectivity index (χ4n) is 2.15. The van der Waals surface area contributed by atoms with Crippen LogP contribution in [0.2, 0.25) is 0 Å². The molecule has 90 valence electrons. The van der Waals surface area contributed by atoms with Crippen LogP contribution in [0.15, 0.2) is 24.3 Å². The van der Waals surface area contributed by atoms with Crippen molar-refractivity contribution in [3.8, 4) is 6.19 Å². The first-order chi connectivity index (χ1) is 8.24. The Bertz CT molecular complexity index is 446. The molecule has 0 aliphatic carbocycles. The van der Waals surface area contributed by atoms with Gasteiger partial charge >= 0.3 is 0 Å². The number of halogens is 1. The normalized spacial score (nSPS) is 27.4. The van der Waals surface area contributed by atoms with Crippen molar-refractivity contribution in [2.75, 3.05) is 14.2 Å². The molecule has 0 bridgehead atoms. The number of hydrogen-bond donors (Lipinski definition) is 0. The molecule has 17 heavy (non-hydrogen) atoms. The summed E-state index contributed by atoms with van der Waals surface area (Å²) in [6.45, 7) is 0. The Morgan fingerprint density at radius 3 is 2.41 bits per heavy atom. The molecule has 1 aromatic carbocycles. The first-order valence-corrected chi connectivity index (χ1v) is 6.12. The van der Waals surface area contributed by atoms with Gasteiger partial charge in [0.1, 0.15) is 0 Å². The number of methoxy groups -OCH3 is 2. The summed E-state index contributed by atoms with van der Waals surface area (Å²) in [4.78, 5) is 1.47. The molecule has 0 amide bonds. The molecule has 0 spiro atoms. The predicted molar refractivity (Wildman–Crippen MR) is 66.1 cm³/mol. The van der Waals surface area contributed by atoms with Gasteiger partial charge in [-0.2, -0.15) is 5.26 Å². The molecule has 2 rings (SSSR count). The highest BCUT2D eigenvalue weighted by atomic mass is 79.9. The van der Waals surface area contributed by atoms with E-state index < -0.39 is 6.23 Å². The molecule has 1 heterocycles. The fraction of sp³-hybridized carbons (Fsp3) is 0.417. The van der Waals surface area contributed by atoms with Gasteiger partial charge in [0.25, 0.3) is 0 Å². The maximum atomic E-state index is 9.23. The Hall–Kier alpha value is -1.09. The lowest BCUT2D eigenvalue weighted by Crippen LogP contribution is -2.43. The average molecular weight is 297 g/mol. The number of fused-ring (bicyclic) bond motifs is 1. The van der Waals surface area contributed by atoms with E-state index in [2.05, 4.69) is 22.1 Å². The molecule has 4 nitrogen and oxygen atoms in total. The van der Waals surface area contributed by atoms with Gasteiger partial charge in [0.05, 0.1) is 4.83 Å². The predicted octanol–water partition coefficient (Wildman–Crippen LogP) is 2.54. The molecule has 0 fully saturated rings. The van der Waals surface area contributed by atoms with Crippen LogP contribution in [0.4, 0.5) is 0 Å². The van der Waals surface area contributed by atoms with Gasteiger partial charge in [-0.25, -0.2) is 0 Å². The van der Waals surface area contributed by atoms with E-state index in [1.165, 1.54) is 4.90 Å². The average Bonchev–Trinajstić information content (AvgIpc) is 2.38. The van der Waals surface area contributed by atoms with Crippen molar-refractivity contribution in [1.82, 2.24) is 4.90 Å². The topological polar surface area (TPSA) is 45.5 Å². The van der Waals surface area contributed by atoms with Gasteiger partial charge in [-0.3, -0.25) is 4.90 Å². The zero-order valence-corrected chi connectivity index (χ0v) is 11.2. The molecule has 0 N–H and O–H groups in total. The quantitative estimate of drug-likeness (QED) is 0.621. The van der Waals surface area contributed by atoms with E-state index in [1.807, 2.05) is 24.3 Å². The number of alkyl halides is 1. The zero-order chi connectivity index (χ0) is 12.4. The third-order valence-electron chi connectivity index (χ3n) is 2.92. The maximum absolute atomic E-state index is 9.23. The van der Waals surface area contributed by atoms with Crippen molar-refractivity contribution < 1.29 is 9.47 Å². The van der Waals surface area contributed by atoms with Crippen LogP contribution in [0.5, 0.6) is 0 Å². The minimum absolute atomic E-state index is 0.0465. The van der Waals surface area contributed by atoms with E-state index in [0.717, 1.165) is 11.1 Å². The highest BCUT2D eigenvalue weighted by Crippen LogP contribution is 2.43. The minimum atomic E-state index is -0.394. The van der Waals surface area contributed by atoms with Crippen LogP contribution in [0.25, 0.3) is 0 Å². The van der Waals surface area contributed by atoms with Crippen LogP contribution >= 0.6 is 15.9 Å². The molecule has 0 unspecified atom stereocenters. The molecule has 0 saturated carbocycles. The van der Waals surface area contributed by atoms with Gasteiger partial charge < -0.3 is 9.47 Å². The monoisotopic (exact) mass is 296 g/mol. The van der Waals surface area contributed by atoms with Crippen molar-refractivity contribution in [1.29, 1.82) is 5.26 Å². The first kappa shape index (κ1) is 12.4. The van der Waals surface area contributed by atoms with Crippen LogP contribution in [0.3, 0.4) is 0 Å². The fourth-order valence-corrected chi connectivity index (χ4v) is 3.04. The summed E-state index contributed by atoms with van der Waals surface area (Å²) in [6, 6.07) is 7.89. The summed E-state index contributed by atoms with van der Waals surface area (Å²) in [5, 5.41) is 9.23. The summed E-state index contributed by atoms with van der Waals surface area (Å²) < 4.78 is 10.8. The van der Waals surface area contributed by atoms with Gasteiger partial charge in [-0.05, 0) is 5.56 Å². The lowest BCUT2D eigenvalue weighted by molar-refractivity contribution is -0.112. The summed E-state index contributed by atoms with van der Waals surface area (Å²) in [7, 11) is 3.18. The van der Waals surface area contributed by atoms with Crippen molar-refractivity contribution in [2.24, 2.45) is 0 Å². The van der Waals surface area contributed by atoms with E-state index in [4.69, 9.17) is 9.47 Å². The largest absolute Gasteiger partial charge is 0.359 e. The highest BCUT2D eigenvalue weighted by Gasteiger charge is 2.39. The summed E-state index contributed by atoms with van der Waals surface area (Å²) in [5.74, 6) is 0. The SMILES string of the molecule is CO[C@@H]1c2ccccc2[C@@H](Br)[C@H](OC)N1C#N. The van der Waals surface area contributed by atoms with E-state index in [-0.39, 0.29) is 11.1 Å². The van der Waals surface area contributed by atoms with Crippen molar-refractivity contribution >= 4 is 15.9 Å². The lowest BCUT2D eigenvalue weighted by Gasteiger charge is -2.40. The Morgan fingerprint density at radius 2 is 1.88 bits per heavy atom. The van der Waals surface area contributed by atoms with E-state index >= 15 is 0 Å². The van der Waals surface area contributed by atoms with Gasteiger partial charge in [0.15, 0.2) is 18.6 Å². The number of ether oxygens (including phenoxy) is 2. The molecule has 1 aliphatic heterocycles. The van der Waals surface area contributed by atoms with Crippen molar-refractivity contribution in [3.63, 3.8) is 0 Å². The van der Waals surface area contributed by atoms with E-state index in [1.54, 1.807) is 14.2 Å². The number of nitrogens with zero attached hydrogens (tertiary/aromatic N) is 2. The van der Waals surface area contributed by atoms with Gasteiger partial charge in [-0.1, -0.05) is 40.2 Å². The lowest BCUT2D eigenvalue weighted by atomic mass is 9.97. The molecule has 1 aliphatic rings. The Morgan fingerprint density at radius 1 is 1.24 bits per heavy atom. The molecular weight excluding hydrogens is 284 g/mol. The Balaban J connectivity index is 2.53. The smallest absolute Gasteiger partial charge is 0.184 e. The Kier molecular flexibility index (Phi) is 3.67. The number of nitriles is 1. The van der Waals surface area contributed by atoms with Crippen molar-refractivity contribution in [3.05, 3.63) is 35.4 Å². The number of rotatable bonds is 2. The summed E-state index contributed by atoms with van der Waals surface area (Å²) >= 11 is 3.58. The van der Waals surface area contributed by atoms with Gasteiger partial charge in [-0.15, -0.1) is 0 Å². The van der Waals surface area contributed by atoms with Crippen LogP contribution in [-0.2, 0) is 9.47 Å². The summed E-state index contributed by atoms with van der Waals surface area (Å²) in [6.07, 6.45) is 1.38. The maximum Gasteiger partial charge on any atom is 0.184 e. The minimum Gasteiger partial charge on any atom is -0.359 e. The van der Waals surface area contributed by atoms with Crippen LogP contribution in [0.1, 0.15) is 22.2 Å². The zero-order valence-electron chi connectivity index (χ0n) is 9.63. The third-order valence-corrected chi connectivity index (χ3v) is 3.86. The second kappa shape index (κ2) is 5.05. The first-order valence-electron chi connectivity index (χ1n) is 5.21. The summed E-state index contributed by atoms with van der Waals surface area (Å²) in [5.41, 5.74) is 2.09. The second-order valence-electron chi connectivity index (χ2n) is 3.75. The van der Waals surface area contributed by atoms with Crippen LogP contribution in [-0.4, -0.2) is 25.3 Å². The van der Waals surface area contributed by atoms with E-state index in [9.17, 15) is 5.26 Å². The second-order valence-corrected chi connectivity index (χ2v) is 4.74.